The molecule has 1 saturated heterocycles. The Balaban J connectivity index is 1.89. The minimum Gasteiger partial charge on any atom is -0.352 e. The highest BCUT2D eigenvalue weighted by Crippen LogP contribution is 2.16. The van der Waals surface area contributed by atoms with Crippen LogP contribution in [0.2, 0.25) is 0 Å². The van der Waals surface area contributed by atoms with E-state index in [9.17, 15) is 13.2 Å². The second-order valence-electron chi connectivity index (χ2n) is 5.83. The number of sulfone groups is 1. The van der Waals surface area contributed by atoms with Gasteiger partial charge in [-0.1, -0.05) is 19.1 Å². The minimum atomic E-state index is -3.17. The molecule has 1 fully saturated rings. The molecule has 0 bridgehead atoms. The first-order valence-corrected chi connectivity index (χ1v) is 9.03. The Labute approximate surface area is 126 Å². The van der Waals surface area contributed by atoms with Crippen LogP contribution in [0.1, 0.15) is 18.9 Å². The summed E-state index contributed by atoms with van der Waals surface area (Å²) in [6.07, 6.45) is 2.09. The molecular weight excluding hydrogens is 288 g/mol. The van der Waals surface area contributed by atoms with Crippen LogP contribution in [-0.2, 0) is 21.2 Å². The number of carbonyl (C=O) groups excluding carboxylic acids is 1. The second kappa shape index (κ2) is 6.58. The van der Waals surface area contributed by atoms with Gasteiger partial charge in [-0.25, -0.2) is 8.42 Å². The van der Waals surface area contributed by atoms with Crippen LogP contribution in [0.3, 0.4) is 0 Å². The molecule has 1 amide bonds. The van der Waals surface area contributed by atoms with E-state index in [2.05, 4.69) is 17.6 Å². The van der Waals surface area contributed by atoms with Crippen LogP contribution in [0.5, 0.6) is 0 Å². The van der Waals surface area contributed by atoms with Gasteiger partial charge in [-0.15, -0.1) is 0 Å². The molecule has 0 saturated carbocycles. The van der Waals surface area contributed by atoms with E-state index in [0.717, 1.165) is 25.1 Å². The van der Waals surface area contributed by atoms with Crippen LogP contribution in [0.25, 0.3) is 0 Å². The molecule has 1 aliphatic rings. The second-order valence-corrected chi connectivity index (χ2v) is 7.85. The molecule has 2 unspecified atom stereocenters. The summed E-state index contributed by atoms with van der Waals surface area (Å²) in [6.45, 7) is 4.25. The first-order valence-electron chi connectivity index (χ1n) is 7.13. The molecule has 0 spiro atoms. The number of amides is 1. The van der Waals surface area contributed by atoms with E-state index in [4.69, 9.17) is 0 Å². The molecule has 1 aromatic rings. The molecule has 5 nitrogen and oxygen atoms in total. The average Bonchev–Trinajstić information content (AvgIpc) is 2.44. The normalized spacial score (nSPS) is 22.8. The molecule has 2 N–H and O–H groups in total. The highest BCUT2D eigenvalue weighted by atomic mass is 32.2. The standard InChI is InChI=1S/C15H22N2O3S/c1-11-7-13(10-16-8-11)15(18)17-9-12-3-5-14(6-4-12)21(2,19)20/h3-6,11,13,16H,7-10H2,1-2H3,(H,17,18). The SMILES string of the molecule is CC1CNCC(C(=O)NCc2ccc(S(C)(=O)=O)cc2)C1. The molecule has 6 heteroatoms. The first-order chi connectivity index (χ1) is 9.86. The topological polar surface area (TPSA) is 75.3 Å². The molecule has 0 aromatic heterocycles. The molecule has 116 valence electrons. The summed E-state index contributed by atoms with van der Waals surface area (Å²) in [5.74, 6) is 0.592. The predicted molar refractivity (Wildman–Crippen MR) is 81.5 cm³/mol. The van der Waals surface area contributed by atoms with Crippen LogP contribution in [0.4, 0.5) is 0 Å². The van der Waals surface area contributed by atoms with Crippen LogP contribution in [0, 0.1) is 11.8 Å². The summed E-state index contributed by atoms with van der Waals surface area (Å²) in [7, 11) is -3.17. The van der Waals surface area contributed by atoms with E-state index >= 15 is 0 Å². The zero-order chi connectivity index (χ0) is 15.5. The van der Waals surface area contributed by atoms with E-state index in [1.807, 2.05) is 0 Å². The van der Waals surface area contributed by atoms with Crippen molar-refractivity contribution < 1.29 is 13.2 Å². The van der Waals surface area contributed by atoms with Crippen LogP contribution < -0.4 is 10.6 Å². The van der Waals surface area contributed by atoms with Crippen molar-refractivity contribution in [1.82, 2.24) is 10.6 Å². The highest BCUT2D eigenvalue weighted by molar-refractivity contribution is 7.90. The van der Waals surface area contributed by atoms with Gasteiger partial charge in [0.2, 0.25) is 5.91 Å². The van der Waals surface area contributed by atoms with E-state index < -0.39 is 9.84 Å². The van der Waals surface area contributed by atoms with Crippen molar-refractivity contribution in [3.05, 3.63) is 29.8 Å². The molecule has 1 aliphatic heterocycles. The molecule has 1 heterocycles. The zero-order valence-electron chi connectivity index (χ0n) is 12.4. The lowest BCUT2D eigenvalue weighted by Gasteiger charge is -2.26. The van der Waals surface area contributed by atoms with Crippen LogP contribution >= 0.6 is 0 Å². The van der Waals surface area contributed by atoms with E-state index in [-0.39, 0.29) is 11.8 Å². The summed E-state index contributed by atoms with van der Waals surface area (Å²) in [4.78, 5) is 12.4. The lowest BCUT2D eigenvalue weighted by molar-refractivity contribution is -0.126. The lowest BCUT2D eigenvalue weighted by Crippen LogP contribution is -2.43. The number of rotatable bonds is 4. The summed E-state index contributed by atoms with van der Waals surface area (Å²) in [5, 5.41) is 6.18. The third-order valence-electron chi connectivity index (χ3n) is 3.76. The summed E-state index contributed by atoms with van der Waals surface area (Å²) in [6, 6.07) is 6.61. The Bertz CT molecular complexity index is 596. The number of benzene rings is 1. The number of carbonyl (C=O) groups is 1. The summed E-state index contributed by atoms with van der Waals surface area (Å²) in [5.41, 5.74) is 0.896. The van der Waals surface area contributed by atoms with Gasteiger partial charge in [-0.3, -0.25) is 4.79 Å². The minimum absolute atomic E-state index is 0.0176. The fourth-order valence-corrected chi connectivity index (χ4v) is 3.17. The highest BCUT2D eigenvalue weighted by Gasteiger charge is 2.24. The maximum Gasteiger partial charge on any atom is 0.224 e. The Morgan fingerprint density at radius 2 is 1.95 bits per heavy atom. The van der Waals surface area contributed by atoms with Gasteiger partial charge in [-0.2, -0.15) is 0 Å². The van der Waals surface area contributed by atoms with Crippen molar-refractivity contribution in [3.63, 3.8) is 0 Å². The van der Waals surface area contributed by atoms with Crippen molar-refractivity contribution in [2.24, 2.45) is 11.8 Å². The number of piperidine rings is 1. The maximum absolute atomic E-state index is 12.1. The third-order valence-corrected chi connectivity index (χ3v) is 4.89. The van der Waals surface area contributed by atoms with E-state index in [1.165, 1.54) is 6.26 Å². The van der Waals surface area contributed by atoms with Crippen LogP contribution in [0.15, 0.2) is 29.2 Å². The van der Waals surface area contributed by atoms with Gasteiger partial charge in [0, 0.05) is 19.3 Å². The number of hydrogen-bond acceptors (Lipinski definition) is 4. The Kier molecular flexibility index (Phi) is 5.00. The molecule has 2 rings (SSSR count). The van der Waals surface area contributed by atoms with Crippen LogP contribution in [-0.4, -0.2) is 33.7 Å². The van der Waals surface area contributed by atoms with Crippen molar-refractivity contribution in [1.29, 1.82) is 0 Å². The van der Waals surface area contributed by atoms with Gasteiger partial charge in [0.1, 0.15) is 0 Å². The van der Waals surface area contributed by atoms with E-state index in [0.29, 0.717) is 17.4 Å². The van der Waals surface area contributed by atoms with Gasteiger partial charge in [0.15, 0.2) is 9.84 Å². The number of nitrogens with one attached hydrogen (secondary N) is 2. The van der Waals surface area contributed by atoms with Crippen molar-refractivity contribution in [2.75, 3.05) is 19.3 Å². The number of hydrogen-bond donors (Lipinski definition) is 2. The van der Waals surface area contributed by atoms with Crippen molar-refractivity contribution >= 4 is 15.7 Å². The van der Waals surface area contributed by atoms with E-state index in [1.54, 1.807) is 24.3 Å². The molecule has 1 aromatic carbocycles. The smallest absolute Gasteiger partial charge is 0.224 e. The third kappa shape index (κ3) is 4.54. The Morgan fingerprint density at radius 1 is 1.29 bits per heavy atom. The predicted octanol–water partition coefficient (Wildman–Crippen LogP) is 0.952. The first kappa shape index (κ1) is 16.0. The van der Waals surface area contributed by atoms with Gasteiger partial charge < -0.3 is 10.6 Å². The Morgan fingerprint density at radius 3 is 2.52 bits per heavy atom. The zero-order valence-corrected chi connectivity index (χ0v) is 13.2. The van der Waals surface area contributed by atoms with Gasteiger partial charge in [0.25, 0.3) is 0 Å². The summed E-state index contributed by atoms with van der Waals surface area (Å²) < 4.78 is 22.7. The monoisotopic (exact) mass is 310 g/mol. The van der Waals surface area contributed by atoms with Gasteiger partial charge in [-0.05, 0) is 36.6 Å². The largest absolute Gasteiger partial charge is 0.352 e. The quantitative estimate of drug-likeness (QED) is 0.868. The molecule has 21 heavy (non-hydrogen) atoms. The maximum atomic E-state index is 12.1. The fraction of sp³-hybridized carbons (Fsp3) is 0.533. The van der Waals surface area contributed by atoms with Crippen molar-refractivity contribution in [2.45, 2.75) is 24.8 Å². The molecule has 0 radical (unpaired) electrons. The molecule has 0 aliphatic carbocycles. The Hall–Kier alpha value is -1.40. The fourth-order valence-electron chi connectivity index (χ4n) is 2.54. The van der Waals surface area contributed by atoms with Gasteiger partial charge >= 0.3 is 0 Å². The van der Waals surface area contributed by atoms with Crippen molar-refractivity contribution in [3.8, 4) is 0 Å². The lowest BCUT2D eigenvalue weighted by atomic mass is 9.91. The molecular formula is C15H22N2O3S. The average molecular weight is 310 g/mol. The molecule has 2 atom stereocenters. The van der Waals surface area contributed by atoms with Gasteiger partial charge in [0.05, 0.1) is 10.8 Å². The summed E-state index contributed by atoms with van der Waals surface area (Å²) >= 11 is 0.